The number of nitrogens with two attached hydrogens (primary N) is 1. The lowest BCUT2D eigenvalue weighted by molar-refractivity contribution is 0.0959. The summed E-state index contributed by atoms with van der Waals surface area (Å²) in [4.78, 5) is 20.4. The molecule has 0 atom stereocenters. The molecule has 0 radical (unpaired) electrons. The molecular formula is C22H25ClN4OS. The van der Waals surface area contributed by atoms with Crippen LogP contribution < -0.4 is 11.1 Å². The van der Waals surface area contributed by atoms with Gasteiger partial charge in [0.1, 0.15) is 14.9 Å². The van der Waals surface area contributed by atoms with Crippen LogP contribution in [0.1, 0.15) is 39.6 Å². The number of carbonyl (C=O) groups excluding carboxylic acids is 1. The Bertz CT molecular complexity index is 1010. The Kier molecular flexibility index (Phi) is 6.04. The molecule has 0 spiro atoms. The zero-order chi connectivity index (χ0) is 20.4. The van der Waals surface area contributed by atoms with Crippen molar-refractivity contribution in [3.63, 3.8) is 0 Å². The van der Waals surface area contributed by atoms with Crippen molar-refractivity contribution in [3.8, 4) is 0 Å². The number of piperidine rings is 1. The number of amides is 1. The molecule has 2 aromatic heterocycles. The highest BCUT2D eigenvalue weighted by atomic mass is 35.5. The Labute approximate surface area is 179 Å². The molecule has 29 heavy (non-hydrogen) atoms. The Hall–Kier alpha value is -2.15. The number of carbonyl (C=O) groups is 1. The summed E-state index contributed by atoms with van der Waals surface area (Å²) in [5.41, 5.74) is 9.25. The number of aromatic nitrogens is 1. The molecule has 3 aromatic rings. The number of halogens is 1. The Balaban J connectivity index is 1.33. The molecule has 1 saturated heterocycles. The van der Waals surface area contributed by atoms with Gasteiger partial charge in [-0.3, -0.25) is 4.79 Å². The van der Waals surface area contributed by atoms with Crippen LogP contribution in [0, 0.1) is 0 Å². The highest BCUT2D eigenvalue weighted by Crippen LogP contribution is 2.33. The van der Waals surface area contributed by atoms with Crippen LogP contribution in [0.5, 0.6) is 0 Å². The van der Waals surface area contributed by atoms with E-state index >= 15 is 0 Å². The van der Waals surface area contributed by atoms with Crippen LogP contribution in [0.2, 0.25) is 5.15 Å². The van der Waals surface area contributed by atoms with Gasteiger partial charge in [0.2, 0.25) is 0 Å². The van der Waals surface area contributed by atoms with Crippen molar-refractivity contribution in [1.29, 1.82) is 0 Å². The third-order valence-electron chi connectivity index (χ3n) is 5.63. The molecule has 152 valence electrons. The average molecular weight is 429 g/mol. The molecule has 4 rings (SSSR count). The van der Waals surface area contributed by atoms with E-state index in [2.05, 4.69) is 46.5 Å². The molecule has 0 unspecified atom stereocenters. The molecule has 0 saturated carbocycles. The summed E-state index contributed by atoms with van der Waals surface area (Å²) < 4.78 is 0. The first-order chi connectivity index (χ1) is 14.0. The minimum atomic E-state index is -0.162. The first-order valence-corrected chi connectivity index (χ1v) is 11.1. The van der Waals surface area contributed by atoms with Crippen molar-refractivity contribution >= 4 is 44.7 Å². The van der Waals surface area contributed by atoms with Crippen molar-refractivity contribution in [2.75, 3.05) is 32.4 Å². The SMILES string of the molecule is CN1CCC(c2ccc(CCNC(=O)c3sc4nc(Cl)ccc4c3N)cc2)CC1. The number of nitrogens with one attached hydrogen (secondary N) is 1. The maximum Gasteiger partial charge on any atom is 0.263 e. The van der Waals surface area contributed by atoms with Crippen molar-refractivity contribution < 1.29 is 4.79 Å². The second-order valence-electron chi connectivity index (χ2n) is 7.66. The van der Waals surface area contributed by atoms with Gasteiger partial charge >= 0.3 is 0 Å². The van der Waals surface area contributed by atoms with Gasteiger partial charge in [0, 0.05) is 11.9 Å². The molecular weight excluding hydrogens is 404 g/mol. The van der Waals surface area contributed by atoms with Crippen molar-refractivity contribution in [2.45, 2.75) is 25.2 Å². The Morgan fingerprint density at radius 1 is 1.24 bits per heavy atom. The van der Waals surface area contributed by atoms with Gasteiger partial charge in [0.15, 0.2) is 0 Å². The molecule has 3 heterocycles. The van der Waals surface area contributed by atoms with Crippen LogP contribution in [-0.2, 0) is 6.42 Å². The standard InChI is InChI=1S/C22H25ClN4OS/c1-27-12-9-16(10-13-27)15-4-2-14(3-5-15)8-11-25-21(28)20-19(24)17-6-7-18(23)26-22(17)29-20/h2-7,16H,8-13,24H2,1H3,(H,25,28). The number of benzene rings is 1. The Morgan fingerprint density at radius 2 is 1.97 bits per heavy atom. The normalized spacial score (nSPS) is 15.7. The number of pyridine rings is 1. The van der Waals surface area contributed by atoms with E-state index in [1.54, 1.807) is 12.1 Å². The number of fused-ring (bicyclic) bond motifs is 1. The summed E-state index contributed by atoms with van der Waals surface area (Å²) in [6.07, 6.45) is 3.24. The number of rotatable bonds is 5. The second-order valence-corrected chi connectivity index (χ2v) is 9.04. The van der Waals surface area contributed by atoms with E-state index < -0.39 is 0 Å². The summed E-state index contributed by atoms with van der Waals surface area (Å²) in [7, 11) is 2.19. The summed E-state index contributed by atoms with van der Waals surface area (Å²) in [6.45, 7) is 2.90. The zero-order valence-corrected chi connectivity index (χ0v) is 18.0. The average Bonchev–Trinajstić information content (AvgIpc) is 3.05. The largest absolute Gasteiger partial charge is 0.397 e. The minimum Gasteiger partial charge on any atom is -0.397 e. The van der Waals surface area contributed by atoms with E-state index in [1.165, 1.54) is 48.4 Å². The molecule has 7 heteroatoms. The third kappa shape index (κ3) is 4.55. The van der Waals surface area contributed by atoms with Gasteiger partial charge in [-0.05, 0) is 68.6 Å². The van der Waals surface area contributed by atoms with E-state index in [9.17, 15) is 4.79 Å². The molecule has 0 bridgehead atoms. The van der Waals surface area contributed by atoms with Crippen LogP contribution >= 0.6 is 22.9 Å². The number of nitrogen functional groups attached to an aromatic ring is 1. The van der Waals surface area contributed by atoms with E-state index in [0.29, 0.717) is 33.0 Å². The fraction of sp³-hybridized carbons (Fsp3) is 0.364. The highest BCUT2D eigenvalue weighted by Gasteiger charge is 2.19. The van der Waals surface area contributed by atoms with Crippen LogP contribution in [-0.4, -0.2) is 42.5 Å². The summed E-state index contributed by atoms with van der Waals surface area (Å²) in [6, 6.07) is 12.3. The quantitative estimate of drug-likeness (QED) is 0.594. The molecule has 1 fully saturated rings. The fourth-order valence-electron chi connectivity index (χ4n) is 3.84. The van der Waals surface area contributed by atoms with Gasteiger partial charge in [0.05, 0.1) is 5.69 Å². The molecule has 5 nitrogen and oxygen atoms in total. The summed E-state index contributed by atoms with van der Waals surface area (Å²) >= 11 is 7.20. The molecule has 1 aliphatic heterocycles. The number of likely N-dealkylation sites (tertiary alicyclic amines) is 1. The molecule has 1 amide bonds. The number of nitrogens with zero attached hydrogens (tertiary/aromatic N) is 2. The van der Waals surface area contributed by atoms with Gasteiger partial charge in [-0.15, -0.1) is 11.3 Å². The smallest absolute Gasteiger partial charge is 0.263 e. The number of hydrogen-bond donors (Lipinski definition) is 2. The van der Waals surface area contributed by atoms with Gasteiger partial charge in [-0.1, -0.05) is 35.9 Å². The lowest BCUT2D eigenvalue weighted by Crippen LogP contribution is -2.29. The lowest BCUT2D eigenvalue weighted by atomic mass is 9.89. The monoisotopic (exact) mass is 428 g/mol. The predicted molar refractivity (Wildman–Crippen MR) is 121 cm³/mol. The van der Waals surface area contributed by atoms with Crippen molar-refractivity contribution in [2.24, 2.45) is 0 Å². The Morgan fingerprint density at radius 3 is 2.69 bits per heavy atom. The summed E-state index contributed by atoms with van der Waals surface area (Å²) in [5, 5.41) is 4.14. The highest BCUT2D eigenvalue weighted by molar-refractivity contribution is 7.21. The van der Waals surface area contributed by atoms with Crippen LogP contribution in [0.4, 0.5) is 5.69 Å². The van der Waals surface area contributed by atoms with Gasteiger partial charge in [0.25, 0.3) is 5.91 Å². The molecule has 0 aliphatic carbocycles. The summed E-state index contributed by atoms with van der Waals surface area (Å²) in [5.74, 6) is 0.502. The van der Waals surface area contributed by atoms with E-state index in [0.717, 1.165) is 11.8 Å². The minimum absolute atomic E-state index is 0.162. The first kappa shape index (κ1) is 20.1. The van der Waals surface area contributed by atoms with Gasteiger partial charge in [-0.2, -0.15) is 0 Å². The number of anilines is 1. The van der Waals surface area contributed by atoms with Crippen molar-refractivity contribution in [3.05, 3.63) is 57.6 Å². The molecule has 1 aliphatic rings. The topological polar surface area (TPSA) is 71.2 Å². The number of hydrogen-bond acceptors (Lipinski definition) is 5. The first-order valence-electron chi connectivity index (χ1n) is 9.91. The predicted octanol–water partition coefficient (Wildman–Crippen LogP) is 4.31. The van der Waals surface area contributed by atoms with Crippen LogP contribution in [0.15, 0.2) is 36.4 Å². The van der Waals surface area contributed by atoms with Gasteiger partial charge in [-0.25, -0.2) is 4.98 Å². The van der Waals surface area contributed by atoms with Gasteiger partial charge < -0.3 is 16.0 Å². The van der Waals surface area contributed by atoms with E-state index in [-0.39, 0.29) is 5.91 Å². The fourth-order valence-corrected chi connectivity index (χ4v) is 5.05. The van der Waals surface area contributed by atoms with E-state index in [4.69, 9.17) is 17.3 Å². The van der Waals surface area contributed by atoms with Crippen LogP contribution in [0.3, 0.4) is 0 Å². The number of thiophene rings is 1. The lowest BCUT2D eigenvalue weighted by Gasteiger charge is -2.29. The zero-order valence-electron chi connectivity index (χ0n) is 16.5. The second kappa shape index (κ2) is 8.69. The maximum atomic E-state index is 12.6. The van der Waals surface area contributed by atoms with Crippen molar-refractivity contribution in [1.82, 2.24) is 15.2 Å². The molecule has 3 N–H and O–H groups in total. The van der Waals surface area contributed by atoms with Crippen LogP contribution in [0.25, 0.3) is 10.2 Å². The third-order valence-corrected chi connectivity index (χ3v) is 6.96. The van der Waals surface area contributed by atoms with E-state index in [1.807, 2.05) is 0 Å². The maximum absolute atomic E-state index is 12.6. The molecule has 1 aromatic carbocycles.